The number of fused-ring (bicyclic) bond motifs is 2. The van der Waals surface area contributed by atoms with Gasteiger partial charge >= 0.3 is 262 Å². The zero-order valence-corrected chi connectivity index (χ0v) is 26.9. The number of hydrogen-bond acceptors (Lipinski definition) is 5. The zero-order chi connectivity index (χ0) is 31.6. The van der Waals surface area contributed by atoms with E-state index in [0.29, 0.717) is 34.5 Å². The van der Waals surface area contributed by atoms with Crippen LogP contribution in [0.15, 0.2) is 82.2 Å². The van der Waals surface area contributed by atoms with E-state index in [1.165, 1.54) is 12.1 Å². The average molecular weight is 666 g/mol. The molecule has 9 heteroatoms. The van der Waals surface area contributed by atoms with E-state index in [1.54, 1.807) is 19.1 Å². The Morgan fingerprint density at radius 2 is 1.70 bits per heavy atom. The maximum atomic E-state index is 13.4. The van der Waals surface area contributed by atoms with Crippen molar-refractivity contribution in [2.24, 2.45) is 4.99 Å². The van der Waals surface area contributed by atoms with E-state index in [2.05, 4.69) is 8.91 Å². The Morgan fingerprint density at radius 3 is 2.41 bits per heavy atom. The molecule has 3 aromatic carbocycles. The maximum absolute atomic E-state index is 13.4. The van der Waals surface area contributed by atoms with Crippen molar-refractivity contribution < 1.29 is 27.1 Å². The summed E-state index contributed by atoms with van der Waals surface area (Å²) in [6, 6.07) is 20.9. The first-order valence-electron chi connectivity index (χ1n) is 14.5. The second-order valence-corrected chi connectivity index (χ2v) is 12.6. The van der Waals surface area contributed by atoms with Gasteiger partial charge < -0.3 is 0 Å². The number of halogens is 3. The van der Waals surface area contributed by atoms with Gasteiger partial charge in [-0.05, 0) is 0 Å². The van der Waals surface area contributed by atoms with Gasteiger partial charge in [-0.1, -0.05) is 0 Å². The summed E-state index contributed by atoms with van der Waals surface area (Å²) in [5.74, 6) is 0.207. The second kappa shape index (κ2) is 12.9. The Kier molecular flexibility index (Phi) is 9.18. The molecule has 1 aliphatic heterocycles. The molecule has 0 bridgehead atoms. The summed E-state index contributed by atoms with van der Waals surface area (Å²) in [4.78, 5) is 17.7. The quantitative estimate of drug-likeness (QED) is 0.0969. The molecule has 1 heterocycles. The number of aryl methyl sites for hydroxylation is 2. The minimum absolute atomic E-state index is 0.253. The predicted octanol–water partition coefficient (Wildman–Crippen LogP) is 7.71. The molecule has 0 N–H and O–H groups in total. The third kappa shape index (κ3) is 6.26. The molecular weight excluding hydrogens is 632 g/mol. The molecule has 44 heavy (non-hydrogen) atoms. The molecule has 0 saturated heterocycles. The first-order chi connectivity index (χ1) is 21.0. The molecule has 228 valence electrons. The monoisotopic (exact) mass is 666 g/mol. The van der Waals surface area contributed by atoms with Crippen LogP contribution in [0.1, 0.15) is 47.8 Å². The molecule has 0 saturated carbocycles. The summed E-state index contributed by atoms with van der Waals surface area (Å²) in [5.41, 5.74) is 5.60. The number of alkyl halides is 3. The summed E-state index contributed by atoms with van der Waals surface area (Å²) < 4.78 is 55.0. The zero-order valence-electron chi connectivity index (χ0n) is 25.2. The van der Waals surface area contributed by atoms with Crippen molar-refractivity contribution in [2.75, 3.05) is 23.6 Å². The number of carbonyl (C=O) groups excluding carboxylic acids is 1. The number of nitrogens with zero attached hydrogens (tertiary/aromatic N) is 2. The first-order valence-corrected chi connectivity index (χ1v) is 16.1. The molecule has 2 aliphatic rings. The molecule has 0 fully saturated rings. The van der Waals surface area contributed by atoms with Gasteiger partial charge in [-0.3, -0.25) is 0 Å². The average Bonchev–Trinajstić information content (AvgIpc) is 2.99. The van der Waals surface area contributed by atoms with Crippen LogP contribution >= 0.6 is 0 Å². The fourth-order valence-corrected chi connectivity index (χ4v) is 7.40. The molecule has 5 nitrogen and oxygen atoms in total. The Balaban J connectivity index is 1.75. The normalized spacial score (nSPS) is 12.2. The van der Waals surface area contributed by atoms with Crippen LogP contribution in [0.3, 0.4) is 0 Å². The van der Waals surface area contributed by atoms with Crippen LogP contribution in [0.4, 0.5) is 18.9 Å². The van der Waals surface area contributed by atoms with Crippen LogP contribution in [-0.2, 0) is 10.9 Å². The molecule has 0 spiro atoms. The fourth-order valence-electron chi connectivity index (χ4n) is 5.31. The van der Waals surface area contributed by atoms with Gasteiger partial charge in [-0.2, -0.15) is 0 Å². The molecule has 0 atom stereocenters. The Labute approximate surface area is 261 Å². The fraction of sp³-hybridized carbons (Fsp3) is 0.257. The van der Waals surface area contributed by atoms with Crippen molar-refractivity contribution in [1.82, 2.24) is 0 Å². The number of benzene rings is 4. The number of ether oxygens (including phenoxy) is 1. The number of hydrogen-bond donors (Lipinski definition) is 0. The summed E-state index contributed by atoms with van der Waals surface area (Å²) >= 11 is -0.422. The van der Waals surface area contributed by atoms with Crippen LogP contribution in [-0.4, -0.2) is 40.8 Å². The SMILES string of the molecule is CCN=c1cc2oc3cc(N(CC)[Se]c4cccc(C(F)(F)F)c4)c(C)cc3c(-c3ccccc3C(=O)OCC)c-2cc1C. The molecule has 1 aliphatic carbocycles. The first kappa shape index (κ1) is 31.4. The molecule has 5 rings (SSSR count). The van der Waals surface area contributed by atoms with Crippen LogP contribution in [0.2, 0.25) is 0 Å². The van der Waals surface area contributed by atoms with Crippen molar-refractivity contribution in [3.8, 4) is 22.5 Å². The van der Waals surface area contributed by atoms with Gasteiger partial charge in [0.05, 0.1) is 0 Å². The van der Waals surface area contributed by atoms with E-state index in [1.807, 2.05) is 70.2 Å². The van der Waals surface area contributed by atoms with Gasteiger partial charge in [-0.25, -0.2) is 0 Å². The molecule has 0 aromatic heterocycles. The van der Waals surface area contributed by atoms with Crippen molar-refractivity contribution >= 4 is 42.3 Å². The van der Waals surface area contributed by atoms with E-state index in [9.17, 15) is 18.0 Å². The Hall–Kier alpha value is -4.07. The Morgan fingerprint density at radius 1 is 0.932 bits per heavy atom. The number of carbonyl (C=O) groups is 1. The van der Waals surface area contributed by atoms with Gasteiger partial charge in [-0.15, -0.1) is 0 Å². The van der Waals surface area contributed by atoms with E-state index in [4.69, 9.17) is 9.15 Å². The predicted molar refractivity (Wildman–Crippen MR) is 170 cm³/mol. The van der Waals surface area contributed by atoms with Crippen molar-refractivity contribution in [2.45, 2.75) is 40.8 Å². The van der Waals surface area contributed by atoms with Crippen LogP contribution in [0, 0.1) is 13.8 Å². The number of esters is 1. The van der Waals surface area contributed by atoms with Gasteiger partial charge in [0.25, 0.3) is 0 Å². The molecule has 0 unspecified atom stereocenters. The molecule has 3 aromatic rings. The van der Waals surface area contributed by atoms with E-state index in [-0.39, 0.29) is 6.61 Å². The summed E-state index contributed by atoms with van der Waals surface area (Å²) in [6.07, 6.45) is -4.40. The number of rotatable bonds is 8. The topological polar surface area (TPSA) is 55.0 Å². The second-order valence-electron chi connectivity index (χ2n) is 10.3. The summed E-state index contributed by atoms with van der Waals surface area (Å²) in [5, 5.41) is 1.64. The van der Waals surface area contributed by atoms with Gasteiger partial charge in [0.2, 0.25) is 0 Å². The van der Waals surface area contributed by atoms with Crippen LogP contribution in [0.5, 0.6) is 0 Å². The standard InChI is InChI=1S/C35H33F3N2O3Se/c1-6-39-29-19-31-27(16-21(29)4)33(25-14-9-10-15-26(25)34(41)42-8-3)28-17-22(5)30(20-32(28)43-31)40(7-2)44-24-13-11-12-23(18-24)35(36,37)38/h9-20H,6-8H2,1-5H3. The van der Waals surface area contributed by atoms with Gasteiger partial charge in [0.1, 0.15) is 0 Å². The molecule has 0 amide bonds. The van der Waals surface area contributed by atoms with Crippen molar-refractivity contribution in [3.05, 3.63) is 100 Å². The van der Waals surface area contributed by atoms with Crippen molar-refractivity contribution in [3.63, 3.8) is 0 Å². The van der Waals surface area contributed by atoms with Crippen LogP contribution < -0.4 is 13.7 Å². The van der Waals surface area contributed by atoms with E-state index >= 15 is 0 Å². The summed E-state index contributed by atoms with van der Waals surface area (Å²) in [6.45, 7) is 11.2. The Bertz CT molecular complexity index is 1880. The van der Waals surface area contributed by atoms with Gasteiger partial charge in [0, 0.05) is 0 Å². The third-order valence-electron chi connectivity index (χ3n) is 7.31. The number of anilines is 1. The molecule has 0 radical (unpaired) electrons. The van der Waals surface area contributed by atoms with Crippen molar-refractivity contribution in [1.29, 1.82) is 0 Å². The molecular formula is C35H33F3N2O3Se. The van der Waals surface area contributed by atoms with E-state index < -0.39 is 32.9 Å². The van der Waals surface area contributed by atoms with Gasteiger partial charge in [0.15, 0.2) is 0 Å². The summed E-state index contributed by atoms with van der Waals surface area (Å²) in [7, 11) is 0. The van der Waals surface area contributed by atoms with E-state index in [0.717, 1.165) is 50.3 Å². The van der Waals surface area contributed by atoms with Crippen LogP contribution in [0.25, 0.3) is 33.4 Å². The third-order valence-corrected chi connectivity index (χ3v) is 9.70. The minimum atomic E-state index is -4.40.